The van der Waals surface area contributed by atoms with Gasteiger partial charge in [0.05, 0.1) is 13.2 Å². The van der Waals surface area contributed by atoms with Crippen LogP contribution in [0.25, 0.3) is 6.08 Å². The number of barbiturate groups is 1. The predicted molar refractivity (Wildman–Crippen MR) is 158 cm³/mol. The first kappa shape index (κ1) is 34.4. The lowest BCUT2D eigenvalue weighted by atomic mass is 9.83. The Labute approximate surface area is 258 Å². The first-order valence-corrected chi connectivity index (χ1v) is 14.5. The number of esters is 2. The number of carbonyl (C=O) groups is 6. The van der Waals surface area contributed by atoms with Gasteiger partial charge in [0, 0.05) is 25.6 Å². The molecule has 2 fully saturated rings. The number of rotatable bonds is 11. The lowest BCUT2D eigenvalue weighted by Gasteiger charge is -2.30. The number of Topliss-reactive ketones (excluding diaryl/α,β-unsaturated/α-hetero) is 1. The normalized spacial score (nSPS) is 17.4. The van der Waals surface area contributed by atoms with Crippen LogP contribution >= 0.6 is 0 Å². The number of urea groups is 1. The number of hydrogen-bond donors (Lipinski definition) is 1. The van der Waals surface area contributed by atoms with Crippen molar-refractivity contribution in [3.05, 3.63) is 55.8 Å². The fourth-order valence-corrected chi connectivity index (χ4v) is 4.96. The summed E-state index contributed by atoms with van der Waals surface area (Å²) in [6.07, 6.45) is 8.26. The topological polar surface area (TPSA) is 192 Å². The second-order valence-corrected chi connectivity index (χ2v) is 10.4. The fraction of sp³-hybridized carbons (Fsp3) is 0.467. The summed E-state index contributed by atoms with van der Waals surface area (Å²) in [7, 11) is 2.31. The van der Waals surface area contributed by atoms with Crippen molar-refractivity contribution in [2.45, 2.75) is 52.5 Å². The van der Waals surface area contributed by atoms with Gasteiger partial charge in [0.25, 0.3) is 17.4 Å². The quantitative estimate of drug-likeness (QED) is 0.158. The van der Waals surface area contributed by atoms with Crippen molar-refractivity contribution in [3.8, 4) is 5.88 Å². The van der Waals surface area contributed by atoms with Gasteiger partial charge >= 0.3 is 23.7 Å². The highest BCUT2D eigenvalue weighted by molar-refractivity contribution is 6.29. The highest BCUT2D eigenvalue weighted by Crippen LogP contribution is 2.28. The van der Waals surface area contributed by atoms with Gasteiger partial charge in [-0.3, -0.25) is 38.2 Å². The molecule has 242 valence electrons. The summed E-state index contributed by atoms with van der Waals surface area (Å²) in [6.45, 7) is 1.68. The molecule has 0 aromatic carbocycles. The van der Waals surface area contributed by atoms with Gasteiger partial charge in [-0.05, 0) is 38.8 Å². The van der Waals surface area contributed by atoms with Crippen LogP contribution < -0.4 is 11.2 Å². The van der Waals surface area contributed by atoms with E-state index in [1.807, 2.05) is 0 Å². The van der Waals surface area contributed by atoms with E-state index in [9.17, 15) is 43.5 Å². The number of hydrogen-bond acceptors (Lipinski definition) is 11. The van der Waals surface area contributed by atoms with Crippen LogP contribution in [0.5, 0.6) is 5.88 Å². The molecule has 4 amide bonds. The van der Waals surface area contributed by atoms with Crippen molar-refractivity contribution in [3.63, 3.8) is 0 Å². The summed E-state index contributed by atoms with van der Waals surface area (Å²) in [6, 6.07) is -1.03. The van der Waals surface area contributed by atoms with E-state index in [2.05, 4.69) is 0 Å². The Balaban J connectivity index is 2.11. The number of aromatic nitrogens is 2. The van der Waals surface area contributed by atoms with E-state index in [1.54, 1.807) is 13.8 Å². The van der Waals surface area contributed by atoms with Gasteiger partial charge in [-0.2, -0.15) is 0 Å². The molecular weight excluding hydrogens is 592 g/mol. The monoisotopic (exact) mass is 628 g/mol. The number of carbonyl (C=O) groups excluding carboxylic acids is 6. The number of amides is 4. The molecule has 1 aromatic heterocycles. The van der Waals surface area contributed by atoms with Gasteiger partial charge in [-0.15, -0.1) is 0 Å². The molecule has 15 nitrogen and oxygen atoms in total. The van der Waals surface area contributed by atoms with Crippen LogP contribution in [-0.2, 0) is 47.0 Å². The Morgan fingerprint density at radius 3 is 2.09 bits per heavy atom. The first-order valence-electron chi connectivity index (χ1n) is 14.5. The maximum absolute atomic E-state index is 13.6. The highest BCUT2D eigenvalue weighted by Gasteiger charge is 2.41. The molecular formula is C30H36N4O11. The van der Waals surface area contributed by atoms with Crippen molar-refractivity contribution in [2.24, 2.45) is 13.0 Å². The molecule has 1 aliphatic heterocycles. The molecule has 0 spiro atoms. The first-order chi connectivity index (χ1) is 21.3. The third-order valence-electron chi connectivity index (χ3n) is 7.39. The van der Waals surface area contributed by atoms with Crippen molar-refractivity contribution in [1.29, 1.82) is 0 Å². The van der Waals surface area contributed by atoms with Crippen LogP contribution in [0.15, 0.2) is 39.0 Å². The molecule has 1 saturated carbocycles. The molecule has 1 aromatic rings. The second kappa shape index (κ2) is 15.1. The zero-order valence-electron chi connectivity index (χ0n) is 25.6. The van der Waals surface area contributed by atoms with Crippen LogP contribution in [0.4, 0.5) is 4.79 Å². The summed E-state index contributed by atoms with van der Waals surface area (Å²) in [5.74, 6) is -5.23. The molecule has 45 heavy (non-hydrogen) atoms. The SMILES string of the molecule is CCOC(=O)CN1C(=O)/C(=C/C=C(/C=C/c2c(O)n(C)c(=O)n(CC(=O)OCC)c2=O)C(=O)C2CCCCC2)C(=O)N(C)C1=O. The highest BCUT2D eigenvalue weighted by atomic mass is 16.5. The third kappa shape index (κ3) is 7.72. The fourth-order valence-electron chi connectivity index (χ4n) is 4.96. The Bertz CT molecular complexity index is 1610. The average Bonchev–Trinajstić information content (AvgIpc) is 3.02. The summed E-state index contributed by atoms with van der Waals surface area (Å²) >= 11 is 0. The molecule has 0 radical (unpaired) electrons. The molecule has 1 saturated heterocycles. The molecule has 1 aliphatic carbocycles. The average molecular weight is 629 g/mol. The van der Waals surface area contributed by atoms with Gasteiger partial charge < -0.3 is 14.6 Å². The Morgan fingerprint density at radius 2 is 1.49 bits per heavy atom. The van der Waals surface area contributed by atoms with Crippen LogP contribution in [0.1, 0.15) is 51.5 Å². The number of aromatic hydroxyl groups is 1. The molecule has 0 bridgehead atoms. The van der Waals surface area contributed by atoms with Gasteiger partial charge in [-0.1, -0.05) is 31.4 Å². The van der Waals surface area contributed by atoms with E-state index in [-0.39, 0.29) is 24.6 Å². The third-order valence-corrected chi connectivity index (χ3v) is 7.39. The predicted octanol–water partition coefficient (Wildman–Crippen LogP) is 0.815. The van der Waals surface area contributed by atoms with Gasteiger partial charge in [0.2, 0.25) is 5.88 Å². The zero-order chi connectivity index (χ0) is 33.4. The number of ether oxygens (including phenoxy) is 2. The van der Waals surface area contributed by atoms with E-state index < -0.39 is 77.1 Å². The summed E-state index contributed by atoms with van der Waals surface area (Å²) in [5.41, 5.74) is -2.95. The Hall–Kier alpha value is -5.08. The van der Waals surface area contributed by atoms with Crippen LogP contribution in [-0.4, -0.2) is 86.4 Å². The van der Waals surface area contributed by atoms with Gasteiger partial charge in [0.15, 0.2) is 5.78 Å². The number of likely N-dealkylation sites (N-methyl/N-ethyl adjacent to an activating group) is 1. The van der Waals surface area contributed by atoms with Crippen LogP contribution in [0, 0.1) is 5.92 Å². The van der Waals surface area contributed by atoms with Crippen molar-refractivity contribution in [2.75, 3.05) is 26.8 Å². The number of nitrogens with zero attached hydrogens (tertiary/aromatic N) is 4. The Morgan fingerprint density at radius 1 is 0.889 bits per heavy atom. The molecule has 0 unspecified atom stereocenters. The van der Waals surface area contributed by atoms with Crippen molar-refractivity contribution < 1.29 is 43.3 Å². The summed E-state index contributed by atoms with van der Waals surface area (Å²) < 4.78 is 11.0. The summed E-state index contributed by atoms with van der Waals surface area (Å²) in [4.78, 5) is 103. The largest absolute Gasteiger partial charge is 0.494 e. The molecule has 1 N–H and O–H groups in total. The number of imide groups is 2. The minimum absolute atomic E-state index is 0.00720. The maximum atomic E-state index is 13.6. The standard InChI is InChI=1S/C30H36N4O11/c1-5-44-22(35)16-33-27(40)20(25(38)31(3)29(33)42)14-12-19(24(37)18-10-8-7-9-11-18)13-15-21-26(39)32(4)30(43)34(28(21)41)17-23(36)45-6-2/h12-15,18,38H,5-11,16-17H2,1-4H3/b14-12+,19-13-,21-15+. The van der Waals surface area contributed by atoms with E-state index >= 15 is 0 Å². The molecule has 2 heterocycles. The van der Waals surface area contributed by atoms with Crippen molar-refractivity contribution >= 4 is 41.6 Å². The van der Waals surface area contributed by atoms with Crippen LogP contribution in [0.2, 0.25) is 0 Å². The molecule has 0 atom stereocenters. The maximum Gasteiger partial charge on any atom is 0.334 e. The molecule has 15 heteroatoms. The minimum Gasteiger partial charge on any atom is -0.494 e. The van der Waals surface area contributed by atoms with Crippen LogP contribution in [0.3, 0.4) is 0 Å². The minimum atomic E-state index is -1.07. The number of ketones is 1. The lowest BCUT2D eigenvalue weighted by Crippen LogP contribution is -2.56. The van der Waals surface area contributed by atoms with E-state index in [4.69, 9.17) is 9.47 Å². The van der Waals surface area contributed by atoms with E-state index in [0.29, 0.717) is 27.2 Å². The summed E-state index contributed by atoms with van der Waals surface area (Å²) in [5, 5.41) is 10.6. The lowest BCUT2D eigenvalue weighted by molar-refractivity contribution is -0.148. The van der Waals surface area contributed by atoms with E-state index in [0.717, 1.165) is 43.0 Å². The smallest absolute Gasteiger partial charge is 0.334 e. The molecule has 3 rings (SSSR count). The second-order valence-electron chi connectivity index (χ2n) is 10.4. The Kier molecular flexibility index (Phi) is 11.5. The zero-order valence-corrected chi connectivity index (χ0v) is 25.6. The number of allylic oxidation sites excluding steroid dienone is 4. The van der Waals surface area contributed by atoms with E-state index in [1.165, 1.54) is 19.2 Å². The molecule has 2 aliphatic rings. The van der Waals surface area contributed by atoms with Gasteiger partial charge in [0.1, 0.15) is 24.2 Å². The van der Waals surface area contributed by atoms with Gasteiger partial charge in [-0.25, -0.2) is 19.1 Å². The van der Waals surface area contributed by atoms with Crippen molar-refractivity contribution in [1.82, 2.24) is 18.9 Å².